The highest BCUT2D eigenvalue weighted by Crippen LogP contribution is 2.43. The summed E-state index contributed by atoms with van der Waals surface area (Å²) in [7, 11) is 0. The largest absolute Gasteiger partial charge is 0.340 e. The number of rotatable bonds is 4. The molecule has 108 valence electrons. The topological polar surface area (TPSA) is 49.4 Å². The molecule has 1 aliphatic heterocycles. The van der Waals surface area contributed by atoms with Crippen molar-refractivity contribution in [1.82, 2.24) is 10.2 Å². The van der Waals surface area contributed by atoms with Crippen molar-refractivity contribution in [2.24, 2.45) is 11.8 Å². The van der Waals surface area contributed by atoms with Crippen molar-refractivity contribution in [2.45, 2.75) is 71.5 Å². The van der Waals surface area contributed by atoms with E-state index in [2.05, 4.69) is 26.1 Å². The van der Waals surface area contributed by atoms with Crippen molar-refractivity contribution in [1.29, 1.82) is 0 Å². The highest BCUT2D eigenvalue weighted by Gasteiger charge is 2.55. The Balaban J connectivity index is 2.33. The number of hydrogen-bond donors (Lipinski definition) is 1. The minimum atomic E-state index is -0.675. The van der Waals surface area contributed by atoms with Crippen LogP contribution in [0.2, 0.25) is 0 Å². The molecule has 3 unspecified atom stereocenters. The van der Waals surface area contributed by atoms with Crippen LogP contribution in [0.15, 0.2) is 0 Å². The van der Waals surface area contributed by atoms with Gasteiger partial charge in [-0.25, -0.2) is 0 Å². The Hall–Kier alpha value is -1.06. The number of carbonyl (C=O) groups excluding carboxylic acids is 2. The van der Waals surface area contributed by atoms with Crippen LogP contribution in [0.3, 0.4) is 0 Å². The van der Waals surface area contributed by atoms with Gasteiger partial charge in [0, 0.05) is 6.04 Å². The zero-order chi connectivity index (χ0) is 14.4. The van der Waals surface area contributed by atoms with Crippen molar-refractivity contribution < 1.29 is 9.59 Å². The normalized spacial score (nSPS) is 33.6. The first-order valence-electron chi connectivity index (χ1n) is 7.47. The molecule has 2 fully saturated rings. The third-order valence-corrected chi connectivity index (χ3v) is 4.80. The maximum absolute atomic E-state index is 12.9. The van der Waals surface area contributed by atoms with E-state index >= 15 is 0 Å². The van der Waals surface area contributed by atoms with Crippen LogP contribution in [0.1, 0.15) is 53.9 Å². The van der Waals surface area contributed by atoms with Gasteiger partial charge >= 0.3 is 0 Å². The molecule has 1 aliphatic carbocycles. The summed E-state index contributed by atoms with van der Waals surface area (Å²) in [6, 6.07) is -0.210. The summed E-state index contributed by atoms with van der Waals surface area (Å²) in [6.07, 6.45) is 2.98. The van der Waals surface area contributed by atoms with Gasteiger partial charge in [-0.05, 0) is 44.9 Å². The lowest BCUT2D eigenvalue weighted by atomic mass is 9.86. The van der Waals surface area contributed by atoms with E-state index in [1.54, 1.807) is 0 Å². The van der Waals surface area contributed by atoms with Crippen molar-refractivity contribution in [2.75, 3.05) is 0 Å². The molecule has 1 saturated heterocycles. The van der Waals surface area contributed by atoms with Crippen molar-refractivity contribution in [3.63, 3.8) is 0 Å². The van der Waals surface area contributed by atoms with Crippen LogP contribution >= 0.6 is 0 Å². The maximum atomic E-state index is 12.9. The molecule has 4 nitrogen and oxygen atoms in total. The van der Waals surface area contributed by atoms with E-state index in [0.29, 0.717) is 11.8 Å². The second-order valence-corrected chi connectivity index (χ2v) is 6.57. The van der Waals surface area contributed by atoms with E-state index in [1.807, 2.05) is 18.7 Å². The Kier molecular flexibility index (Phi) is 3.63. The molecular formula is C15H26N2O2. The predicted octanol–water partition coefficient (Wildman–Crippen LogP) is 1.94. The molecule has 3 atom stereocenters. The van der Waals surface area contributed by atoms with Crippen LogP contribution < -0.4 is 5.32 Å². The molecule has 1 N–H and O–H groups in total. The third-order valence-electron chi connectivity index (χ3n) is 4.80. The zero-order valence-electron chi connectivity index (χ0n) is 12.7. The minimum absolute atomic E-state index is 0.00639. The van der Waals surface area contributed by atoms with Gasteiger partial charge in [-0.3, -0.25) is 9.59 Å². The molecule has 19 heavy (non-hydrogen) atoms. The Morgan fingerprint density at radius 2 is 1.95 bits per heavy atom. The van der Waals surface area contributed by atoms with Crippen LogP contribution in [0.25, 0.3) is 0 Å². The summed E-state index contributed by atoms with van der Waals surface area (Å²) in [5.74, 6) is 0.796. The van der Waals surface area contributed by atoms with Gasteiger partial charge < -0.3 is 10.2 Å². The van der Waals surface area contributed by atoms with Crippen LogP contribution in [0.4, 0.5) is 0 Å². The number of carbonyl (C=O) groups is 2. The summed E-state index contributed by atoms with van der Waals surface area (Å²) >= 11 is 0. The molecule has 0 bridgehead atoms. The smallest absolute Gasteiger partial charge is 0.249 e. The molecule has 0 aromatic heterocycles. The first kappa shape index (κ1) is 14.4. The summed E-state index contributed by atoms with van der Waals surface area (Å²) in [4.78, 5) is 27.0. The van der Waals surface area contributed by atoms with Gasteiger partial charge in [-0.15, -0.1) is 0 Å². The maximum Gasteiger partial charge on any atom is 0.249 e. The molecule has 0 aromatic rings. The second kappa shape index (κ2) is 4.80. The van der Waals surface area contributed by atoms with Crippen LogP contribution in [0, 0.1) is 11.8 Å². The molecule has 1 heterocycles. The standard InChI is InChI=1S/C15H26N2O2/c1-6-12(9(2)3)17-10(4)13(18)16-15(5,14(17)19)11-7-8-11/h9-12H,6-8H2,1-5H3,(H,16,18). The summed E-state index contributed by atoms with van der Waals surface area (Å²) in [5.41, 5.74) is -0.675. The number of piperazine rings is 1. The van der Waals surface area contributed by atoms with Gasteiger partial charge in [0.1, 0.15) is 11.6 Å². The minimum Gasteiger partial charge on any atom is -0.340 e. The molecule has 0 aromatic carbocycles. The Bertz CT molecular complexity index is 390. The monoisotopic (exact) mass is 266 g/mol. The number of nitrogens with zero attached hydrogens (tertiary/aromatic N) is 1. The van der Waals surface area contributed by atoms with Crippen LogP contribution in [-0.4, -0.2) is 34.3 Å². The highest BCUT2D eigenvalue weighted by atomic mass is 16.2. The molecule has 2 amide bonds. The molecule has 0 spiro atoms. The first-order valence-corrected chi connectivity index (χ1v) is 7.47. The van der Waals surface area contributed by atoms with Gasteiger partial charge in [0.2, 0.25) is 11.8 Å². The molecule has 1 saturated carbocycles. The third kappa shape index (κ3) is 2.26. The lowest BCUT2D eigenvalue weighted by molar-refractivity contribution is -0.158. The lowest BCUT2D eigenvalue weighted by Crippen LogP contribution is -2.71. The lowest BCUT2D eigenvalue weighted by Gasteiger charge is -2.48. The van der Waals surface area contributed by atoms with Crippen molar-refractivity contribution in [3.8, 4) is 0 Å². The number of hydrogen-bond acceptors (Lipinski definition) is 2. The van der Waals surface area contributed by atoms with Crippen LogP contribution in [0.5, 0.6) is 0 Å². The van der Waals surface area contributed by atoms with Gasteiger partial charge in [0.25, 0.3) is 0 Å². The molecule has 2 rings (SSSR count). The Morgan fingerprint density at radius 3 is 2.37 bits per heavy atom. The molecular weight excluding hydrogens is 240 g/mol. The number of nitrogens with one attached hydrogen (secondary N) is 1. The predicted molar refractivity (Wildman–Crippen MR) is 74.5 cm³/mol. The van der Waals surface area contributed by atoms with E-state index < -0.39 is 5.54 Å². The average molecular weight is 266 g/mol. The SMILES string of the molecule is CCC(C(C)C)N1C(=O)C(C)(C2CC2)NC(=O)C1C. The van der Waals surface area contributed by atoms with E-state index in [1.165, 1.54) is 0 Å². The first-order chi connectivity index (χ1) is 8.82. The number of amides is 2. The summed E-state index contributed by atoms with van der Waals surface area (Å²) in [5, 5.41) is 2.97. The molecule has 2 aliphatic rings. The van der Waals surface area contributed by atoms with Gasteiger partial charge in [-0.2, -0.15) is 0 Å². The Labute approximate surface area is 115 Å². The van der Waals surface area contributed by atoms with E-state index in [9.17, 15) is 9.59 Å². The van der Waals surface area contributed by atoms with Crippen molar-refractivity contribution >= 4 is 11.8 Å². The second-order valence-electron chi connectivity index (χ2n) is 6.57. The Morgan fingerprint density at radius 1 is 1.37 bits per heavy atom. The molecule has 4 heteroatoms. The van der Waals surface area contributed by atoms with Gasteiger partial charge in [0.15, 0.2) is 0 Å². The average Bonchev–Trinajstić information content (AvgIpc) is 3.16. The fourth-order valence-electron chi connectivity index (χ4n) is 3.35. The van der Waals surface area contributed by atoms with Crippen molar-refractivity contribution in [3.05, 3.63) is 0 Å². The zero-order valence-corrected chi connectivity index (χ0v) is 12.7. The van der Waals surface area contributed by atoms with E-state index in [4.69, 9.17) is 0 Å². The van der Waals surface area contributed by atoms with E-state index in [0.717, 1.165) is 19.3 Å². The fraction of sp³-hybridized carbons (Fsp3) is 0.867. The summed E-state index contributed by atoms with van der Waals surface area (Å²) < 4.78 is 0. The van der Waals surface area contributed by atoms with Gasteiger partial charge in [0.05, 0.1) is 0 Å². The quantitative estimate of drug-likeness (QED) is 0.845. The fourth-order valence-corrected chi connectivity index (χ4v) is 3.35. The molecule has 0 radical (unpaired) electrons. The summed E-state index contributed by atoms with van der Waals surface area (Å²) in [6.45, 7) is 10.1. The van der Waals surface area contributed by atoms with Crippen LogP contribution in [-0.2, 0) is 9.59 Å². The highest BCUT2D eigenvalue weighted by molar-refractivity contribution is 6.00. The van der Waals surface area contributed by atoms with E-state index in [-0.39, 0.29) is 23.9 Å². The van der Waals surface area contributed by atoms with Gasteiger partial charge in [-0.1, -0.05) is 20.8 Å².